The van der Waals surface area contributed by atoms with E-state index >= 15 is 0 Å². The summed E-state index contributed by atoms with van der Waals surface area (Å²) < 4.78 is 24.9. The van der Waals surface area contributed by atoms with Crippen molar-refractivity contribution in [2.24, 2.45) is 0 Å². The standard InChI is InChI=1S/C6H6BrClN2O3S/c7-5-1-4(2-9-6(5)8)14(12,13)10-3-11/h1-2,10-11H,3H2. The van der Waals surface area contributed by atoms with Gasteiger partial charge in [-0.3, -0.25) is 0 Å². The Morgan fingerprint density at radius 3 is 2.79 bits per heavy atom. The zero-order valence-electron chi connectivity index (χ0n) is 6.74. The summed E-state index contributed by atoms with van der Waals surface area (Å²) in [4.78, 5) is 3.58. The average Bonchev–Trinajstić information content (AvgIpc) is 2.09. The third-order valence-corrected chi connectivity index (χ3v) is 3.82. The lowest BCUT2D eigenvalue weighted by Crippen LogP contribution is -2.24. The summed E-state index contributed by atoms with van der Waals surface area (Å²) in [6.07, 6.45) is 1.10. The van der Waals surface area contributed by atoms with E-state index in [2.05, 4.69) is 20.9 Å². The molecule has 2 N–H and O–H groups in total. The molecule has 14 heavy (non-hydrogen) atoms. The maximum atomic E-state index is 11.3. The van der Waals surface area contributed by atoms with Crippen LogP contribution in [0.4, 0.5) is 0 Å². The smallest absolute Gasteiger partial charge is 0.244 e. The Hall–Kier alpha value is -0.210. The number of hydrogen-bond acceptors (Lipinski definition) is 4. The first-order valence-corrected chi connectivity index (χ1v) is 6.04. The molecule has 0 saturated heterocycles. The predicted octanol–water partition coefficient (Wildman–Crippen LogP) is 0.726. The van der Waals surface area contributed by atoms with E-state index in [0.717, 1.165) is 6.20 Å². The molecule has 8 heteroatoms. The predicted molar refractivity (Wildman–Crippen MR) is 54.4 cm³/mol. The minimum Gasteiger partial charge on any atom is -0.380 e. The number of rotatable bonds is 3. The van der Waals surface area contributed by atoms with Gasteiger partial charge in [-0.15, -0.1) is 0 Å². The summed E-state index contributed by atoms with van der Waals surface area (Å²) in [6.45, 7) is -0.664. The molecule has 0 atom stereocenters. The Morgan fingerprint density at radius 1 is 1.64 bits per heavy atom. The van der Waals surface area contributed by atoms with Crippen molar-refractivity contribution >= 4 is 37.6 Å². The highest BCUT2D eigenvalue weighted by molar-refractivity contribution is 9.10. The van der Waals surface area contributed by atoms with Gasteiger partial charge in [0.1, 0.15) is 16.8 Å². The number of aliphatic hydroxyl groups is 1. The van der Waals surface area contributed by atoms with E-state index in [9.17, 15) is 8.42 Å². The first-order chi connectivity index (χ1) is 6.47. The minimum atomic E-state index is -3.70. The topological polar surface area (TPSA) is 79.3 Å². The lowest BCUT2D eigenvalue weighted by Gasteiger charge is -2.04. The number of hydrogen-bond donors (Lipinski definition) is 2. The van der Waals surface area contributed by atoms with Crippen LogP contribution in [0, 0.1) is 0 Å². The fourth-order valence-electron chi connectivity index (χ4n) is 0.719. The molecule has 0 aliphatic rings. The number of nitrogens with zero attached hydrogens (tertiary/aromatic N) is 1. The van der Waals surface area contributed by atoms with Gasteiger partial charge >= 0.3 is 0 Å². The fraction of sp³-hybridized carbons (Fsp3) is 0.167. The van der Waals surface area contributed by atoms with Crippen LogP contribution in [0.3, 0.4) is 0 Å². The van der Waals surface area contributed by atoms with Crippen molar-refractivity contribution in [2.45, 2.75) is 4.90 Å². The van der Waals surface area contributed by atoms with Gasteiger partial charge in [0, 0.05) is 6.20 Å². The first kappa shape index (κ1) is 11.9. The third-order valence-electron chi connectivity index (χ3n) is 1.34. The third kappa shape index (κ3) is 2.64. The summed E-state index contributed by atoms with van der Waals surface area (Å²) >= 11 is 8.63. The molecule has 0 amide bonds. The Balaban J connectivity index is 3.15. The number of pyridine rings is 1. The summed E-state index contributed by atoms with van der Waals surface area (Å²) in [5.74, 6) is 0. The second kappa shape index (κ2) is 4.54. The molecular weight excluding hydrogens is 296 g/mol. The maximum absolute atomic E-state index is 11.3. The van der Waals surface area contributed by atoms with Crippen molar-refractivity contribution in [3.8, 4) is 0 Å². The largest absolute Gasteiger partial charge is 0.380 e. The molecular formula is C6H6BrClN2O3S. The number of sulfonamides is 1. The van der Waals surface area contributed by atoms with E-state index in [0.29, 0.717) is 4.47 Å². The summed E-state index contributed by atoms with van der Waals surface area (Å²) in [6, 6.07) is 1.30. The molecule has 0 aromatic carbocycles. The number of aliphatic hydroxyl groups excluding tert-OH is 1. The highest BCUT2D eigenvalue weighted by Gasteiger charge is 2.14. The van der Waals surface area contributed by atoms with E-state index in [1.54, 1.807) is 0 Å². The minimum absolute atomic E-state index is 0.0668. The molecule has 0 aliphatic heterocycles. The molecule has 0 radical (unpaired) electrons. The Bertz CT molecular complexity index is 437. The normalized spacial score (nSPS) is 11.6. The van der Waals surface area contributed by atoms with Gasteiger partial charge in [-0.25, -0.2) is 13.4 Å². The van der Waals surface area contributed by atoms with Crippen LogP contribution < -0.4 is 4.72 Å². The molecule has 1 rings (SSSR count). The van der Waals surface area contributed by atoms with Crippen LogP contribution in [0.5, 0.6) is 0 Å². The van der Waals surface area contributed by atoms with Gasteiger partial charge in [0.25, 0.3) is 0 Å². The van der Waals surface area contributed by atoms with Crippen molar-refractivity contribution in [1.29, 1.82) is 0 Å². The zero-order valence-corrected chi connectivity index (χ0v) is 9.90. The second-order valence-corrected chi connectivity index (χ2v) is 5.23. The molecule has 1 aromatic heterocycles. The number of aromatic nitrogens is 1. The van der Waals surface area contributed by atoms with Gasteiger partial charge in [-0.05, 0) is 22.0 Å². The van der Waals surface area contributed by atoms with E-state index in [4.69, 9.17) is 16.7 Å². The van der Waals surface area contributed by atoms with Gasteiger partial charge < -0.3 is 5.11 Å². The van der Waals surface area contributed by atoms with Crippen molar-refractivity contribution < 1.29 is 13.5 Å². The van der Waals surface area contributed by atoms with Crippen LogP contribution in [0.15, 0.2) is 21.6 Å². The summed E-state index contributed by atoms with van der Waals surface area (Å²) in [7, 11) is -3.70. The maximum Gasteiger partial charge on any atom is 0.244 e. The SMILES string of the molecule is O=S(=O)(NCO)c1cnc(Cl)c(Br)c1. The van der Waals surface area contributed by atoms with Crippen LogP contribution >= 0.6 is 27.5 Å². The van der Waals surface area contributed by atoms with Gasteiger partial charge in [0.15, 0.2) is 0 Å². The van der Waals surface area contributed by atoms with Crippen LogP contribution in [0.1, 0.15) is 0 Å². The molecule has 5 nitrogen and oxygen atoms in total. The van der Waals surface area contributed by atoms with Crippen LogP contribution in [0.25, 0.3) is 0 Å². The molecule has 78 valence electrons. The van der Waals surface area contributed by atoms with Gasteiger partial charge in [-0.2, -0.15) is 4.72 Å². The highest BCUT2D eigenvalue weighted by atomic mass is 79.9. The zero-order chi connectivity index (χ0) is 10.8. The molecule has 0 bridgehead atoms. The number of halogens is 2. The van der Waals surface area contributed by atoms with E-state index < -0.39 is 16.8 Å². The Kier molecular flexibility index (Phi) is 3.85. The molecule has 0 aliphatic carbocycles. The lowest BCUT2D eigenvalue weighted by atomic mass is 10.5. The Morgan fingerprint density at radius 2 is 2.29 bits per heavy atom. The van der Waals surface area contributed by atoms with Crippen LogP contribution in [0.2, 0.25) is 5.15 Å². The molecule has 0 fully saturated rings. The average molecular weight is 302 g/mol. The van der Waals surface area contributed by atoms with Crippen LogP contribution in [-0.2, 0) is 10.0 Å². The molecule has 0 saturated carbocycles. The lowest BCUT2D eigenvalue weighted by molar-refractivity contribution is 0.288. The van der Waals surface area contributed by atoms with Crippen molar-refractivity contribution in [2.75, 3.05) is 6.73 Å². The summed E-state index contributed by atoms with van der Waals surface area (Å²) in [5.41, 5.74) is 0. The molecule has 1 heterocycles. The highest BCUT2D eigenvalue weighted by Crippen LogP contribution is 2.22. The monoisotopic (exact) mass is 300 g/mol. The van der Waals surface area contributed by atoms with Crippen LogP contribution in [-0.4, -0.2) is 25.2 Å². The van der Waals surface area contributed by atoms with Crippen molar-refractivity contribution in [3.63, 3.8) is 0 Å². The van der Waals surface area contributed by atoms with Gasteiger partial charge in [-0.1, -0.05) is 11.6 Å². The first-order valence-electron chi connectivity index (χ1n) is 3.39. The van der Waals surface area contributed by atoms with E-state index in [1.165, 1.54) is 6.07 Å². The van der Waals surface area contributed by atoms with E-state index in [1.807, 2.05) is 4.72 Å². The second-order valence-electron chi connectivity index (χ2n) is 2.25. The fourth-order valence-corrected chi connectivity index (χ4v) is 2.12. The molecule has 0 unspecified atom stereocenters. The summed E-state index contributed by atoms with van der Waals surface area (Å²) in [5, 5.41) is 8.61. The number of nitrogens with one attached hydrogen (secondary N) is 1. The van der Waals surface area contributed by atoms with Gasteiger partial charge in [0.2, 0.25) is 10.0 Å². The van der Waals surface area contributed by atoms with E-state index in [-0.39, 0.29) is 10.0 Å². The quantitative estimate of drug-likeness (QED) is 0.637. The van der Waals surface area contributed by atoms with Crippen molar-refractivity contribution in [3.05, 3.63) is 21.9 Å². The van der Waals surface area contributed by atoms with Gasteiger partial charge in [0.05, 0.1) is 4.47 Å². The molecule has 0 spiro atoms. The Labute approximate surface area is 94.3 Å². The van der Waals surface area contributed by atoms with Crippen molar-refractivity contribution in [1.82, 2.24) is 9.71 Å². The molecule has 1 aromatic rings.